The number of carbonyl (C=O) groups excluding carboxylic acids is 1. The number of rotatable bonds is 4. The Morgan fingerprint density at radius 1 is 1.00 bits per heavy atom. The summed E-state index contributed by atoms with van der Waals surface area (Å²) < 4.78 is 20.7. The van der Waals surface area contributed by atoms with Crippen LogP contribution >= 0.6 is 23.2 Å². The summed E-state index contributed by atoms with van der Waals surface area (Å²) in [5, 5.41) is 0.969. The van der Waals surface area contributed by atoms with Crippen LogP contribution in [0.25, 0.3) is 11.5 Å². The number of hydrogen-bond acceptors (Lipinski definition) is 4. The zero-order valence-corrected chi connectivity index (χ0v) is 20.4. The minimum atomic E-state index is -0.758. The molecule has 1 atom stereocenters. The van der Waals surface area contributed by atoms with Crippen LogP contribution in [0.15, 0.2) is 76.1 Å². The number of nitrogens with zero attached hydrogens (tertiary/aromatic N) is 3. The summed E-state index contributed by atoms with van der Waals surface area (Å²) in [6, 6.07) is 18.0. The standard InChI is InChI=1S/C27H20Cl2FN3O2/c1-15-27(34)33(14-23-16(2)35-26(32-23)18-7-3-5-9-21(18)29)24-12-11-17(28)13-20(24)25(31-15)19-8-4-6-10-22(19)30/h3-13,15H,14H2,1-2H3/t15-/m1/s1. The molecule has 0 unspecified atom stereocenters. The lowest BCUT2D eigenvalue weighted by Crippen LogP contribution is -2.36. The first-order valence-corrected chi connectivity index (χ1v) is 11.7. The average molecular weight is 508 g/mol. The molecule has 5 rings (SSSR count). The molecule has 176 valence electrons. The maximum Gasteiger partial charge on any atom is 0.251 e. The number of amides is 1. The molecule has 1 amide bonds. The van der Waals surface area contributed by atoms with E-state index in [1.54, 1.807) is 61.2 Å². The fourth-order valence-corrected chi connectivity index (χ4v) is 4.49. The molecule has 0 spiro atoms. The Hall–Kier alpha value is -3.48. The molecule has 0 bridgehead atoms. The first-order valence-electron chi connectivity index (χ1n) is 11.0. The molecule has 1 aliphatic rings. The molecule has 35 heavy (non-hydrogen) atoms. The number of hydrogen-bond donors (Lipinski definition) is 0. The van der Waals surface area contributed by atoms with Gasteiger partial charge in [-0.2, -0.15) is 0 Å². The van der Waals surface area contributed by atoms with Gasteiger partial charge in [0.05, 0.1) is 28.5 Å². The second-order valence-electron chi connectivity index (χ2n) is 8.22. The summed E-state index contributed by atoms with van der Waals surface area (Å²) >= 11 is 12.6. The van der Waals surface area contributed by atoms with Crippen LogP contribution in [0.5, 0.6) is 0 Å². The van der Waals surface area contributed by atoms with Crippen molar-refractivity contribution in [1.82, 2.24) is 4.98 Å². The number of fused-ring (bicyclic) bond motifs is 1. The van der Waals surface area contributed by atoms with Crippen molar-refractivity contribution in [2.24, 2.45) is 4.99 Å². The number of carbonyl (C=O) groups is 1. The van der Waals surface area contributed by atoms with Crippen LogP contribution in [0.4, 0.5) is 10.1 Å². The highest BCUT2D eigenvalue weighted by atomic mass is 35.5. The number of anilines is 1. The Morgan fingerprint density at radius 3 is 2.46 bits per heavy atom. The third-order valence-corrected chi connectivity index (χ3v) is 6.45. The topological polar surface area (TPSA) is 58.7 Å². The molecule has 2 heterocycles. The second kappa shape index (κ2) is 9.29. The third-order valence-electron chi connectivity index (χ3n) is 5.88. The molecule has 0 fully saturated rings. The molecular formula is C27H20Cl2FN3O2. The summed E-state index contributed by atoms with van der Waals surface area (Å²) in [6.45, 7) is 3.62. The highest BCUT2D eigenvalue weighted by Crippen LogP contribution is 2.34. The number of aliphatic imine (C=N–C) groups is 1. The third kappa shape index (κ3) is 4.35. The highest BCUT2D eigenvalue weighted by Gasteiger charge is 2.32. The van der Waals surface area contributed by atoms with Gasteiger partial charge in [-0.3, -0.25) is 9.79 Å². The average Bonchev–Trinajstić information content (AvgIpc) is 3.17. The normalized spacial score (nSPS) is 15.6. The van der Waals surface area contributed by atoms with Crippen molar-refractivity contribution in [3.8, 4) is 11.5 Å². The molecule has 1 aliphatic heterocycles. The van der Waals surface area contributed by atoms with Crippen LogP contribution < -0.4 is 4.90 Å². The van der Waals surface area contributed by atoms with Crippen molar-refractivity contribution in [1.29, 1.82) is 0 Å². The molecule has 1 aromatic heterocycles. The number of aryl methyl sites for hydroxylation is 1. The highest BCUT2D eigenvalue weighted by molar-refractivity contribution is 6.33. The van der Waals surface area contributed by atoms with E-state index in [2.05, 4.69) is 9.98 Å². The summed E-state index contributed by atoms with van der Waals surface area (Å²) in [5.74, 6) is 0.261. The van der Waals surface area contributed by atoms with Gasteiger partial charge in [0, 0.05) is 16.1 Å². The van der Waals surface area contributed by atoms with Crippen LogP contribution in [-0.2, 0) is 11.3 Å². The van der Waals surface area contributed by atoms with E-state index in [-0.39, 0.29) is 12.5 Å². The zero-order chi connectivity index (χ0) is 24.7. The van der Waals surface area contributed by atoms with Gasteiger partial charge in [0.1, 0.15) is 23.3 Å². The van der Waals surface area contributed by atoms with Crippen LogP contribution in [0.2, 0.25) is 10.0 Å². The largest absolute Gasteiger partial charge is 0.441 e. The van der Waals surface area contributed by atoms with E-state index in [9.17, 15) is 9.18 Å². The summed E-state index contributed by atoms with van der Waals surface area (Å²) in [5.41, 5.74) is 3.04. The van der Waals surface area contributed by atoms with Crippen molar-refractivity contribution in [3.63, 3.8) is 0 Å². The molecule has 0 aliphatic carbocycles. The number of benzodiazepines with no additional fused rings is 1. The number of halogens is 3. The SMILES string of the molecule is Cc1oc(-c2ccccc2Cl)nc1CN1C(=O)[C@@H](C)N=C(c2ccccc2F)c2cc(Cl)ccc21. The van der Waals surface area contributed by atoms with E-state index in [1.165, 1.54) is 6.07 Å². The molecule has 4 aromatic rings. The lowest BCUT2D eigenvalue weighted by molar-refractivity contribution is -0.119. The lowest BCUT2D eigenvalue weighted by atomic mass is 9.99. The molecule has 5 nitrogen and oxygen atoms in total. The first kappa shape index (κ1) is 23.3. The van der Waals surface area contributed by atoms with E-state index >= 15 is 0 Å². The predicted molar refractivity (Wildman–Crippen MR) is 136 cm³/mol. The summed E-state index contributed by atoms with van der Waals surface area (Å²) in [7, 11) is 0. The van der Waals surface area contributed by atoms with Gasteiger partial charge in [-0.25, -0.2) is 9.37 Å². The Morgan fingerprint density at radius 2 is 1.71 bits per heavy atom. The Labute approximate surface area is 211 Å². The van der Waals surface area contributed by atoms with E-state index in [0.717, 1.165) is 0 Å². The minimum Gasteiger partial charge on any atom is -0.441 e. The van der Waals surface area contributed by atoms with Gasteiger partial charge in [0.2, 0.25) is 5.89 Å². The number of aromatic nitrogens is 1. The van der Waals surface area contributed by atoms with Crippen LogP contribution in [0.3, 0.4) is 0 Å². The van der Waals surface area contributed by atoms with Crippen molar-refractivity contribution < 1.29 is 13.6 Å². The lowest BCUT2D eigenvalue weighted by Gasteiger charge is -2.24. The van der Waals surface area contributed by atoms with Gasteiger partial charge in [0.15, 0.2) is 0 Å². The summed E-state index contributed by atoms with van der Waals surface area (Å²) in [4.78, 5) is 24.4. The van der Waals surface area contributed by atoms with Gasteiger partial charge in [0.25, 0.3) is 5.91 Å². The maximum atomic E-state index is 14.8. The zero-order valence-electron chi connectivity index (χ0n) is 18.9. The maximum absolute atomic E-state index is 14.8. The van der Waals surface area contributed by atoms with Crippen molar-refractivity contribution in [2.45, 2.75) is 26.4 Å². The number of benzene rings is 3. The molecular weight excluding hydrogens is 488 g/mol. The Kier molecular flexibility index (Phi) is 6.17. The predicted octanol–water partition coefficient (Wildman–Crippen LogP) is 6.87. The molecule has 0 radical (unpaired) electrons. The quantitative estimate of drug-likeness (QED) is 0.302. The van der Waals surface area contributed by atoms with Crippen LogP contribution in [0, 0.1) is 12.7 Å². The van der Waals surface area contributed by atoms with Crippen molar-refractivity contribution in [3.05, 3.63) is 105 Å². The minimum absolute atomic E-state index is 0.137. The van der Waals surface area contributed by atoms with Gasteiger partial charge >= 0.3 is 0 Å². The number of oxazole rings is 1. The van der Waals surface area contributed by atoms with Crippen LogP contribution in [0.1, 0.15) is 29.5 Å². The molecule has 3 aromatic carbocycles. The van der Waals surface area contributed by atoms with Crippen molar-refractivity contribution >= 4 is 40.5 Å². The van der Waals surface area contributed by atoms with E-state index in [1.807, 2.05) is 18.2 Å². The fraction of sp³-hybridized carbons (Fsp3) is 0.148. The molecule has 0 saturated heterocycles. The monoisotopic (exact) mass is 507 g/mol. The Bertz CT molecular complexity index is 1480. The van der Waals surface area contributed by atoms with Gasteiger partial charge in [-0.15, -0.1) is 0 Å². The molecule has 0 N–H and O–H groups in total. The smallest absolute Gasteiger partial charge is 0.251 e. The Balaban J connectivity index is 1.60. The summed E-state index contributed by atoms with van der Waals surface area (Å²) in [6.07, 6.45) is 0. The first-order chi connectivity index (χ1) is 16.8. The van der Waals surface area contributed by atoms with E-state index < -0.39 is 11.9 Å². The molecule has 0 saturated carbocycles. The van der Waals surface area contributed by atoms with Gasteiger partial charge < -0.3 is 9.32 Å². The van der Waals surface area contributed by atoms with Gasteiger partial charge in [-0.05, 0) is 56.3 Å². The van der Waals surface area contributed by atoms with Crippen molar-refractivity contribution in [2.75, 3.05) is 4.90 Å². The van der Waals surface area contributed by atoms with E-state index in [4.69, 9.17) is 27.6 Å². The molecule has 8 heteroatoms. The van der Waals surface area contributed by atoms with Crippen LogP contribution in [-0.4, -0.2) is 22.6 Å². The van der Waals surface area contributed by atoms with Gasteiger partial charge in [-0.1, -0.05) is 47.5 Å². The fourth-order valence-electron chi connectivity index (χ4n) is 4.10. The van der Waals surface area contributed by atoms with E-state index in [0.29, 0.717) is 55.5 Å². The second-order valence-corrected chi connectivity index (χ2v) is 9.06.